The minimum atomic E-state index is -0.935. The lowest BCUT2D eigenvalue weighted by Gasteiger charge is -1.99. The number of esters is 2. The zero-order chi connectivity index (χ0) is 14.2. The van der Waals surface area contributed by atoms with Gasteiger partial charge in [-0.25, -0.2) is 14.4 Å². The van der Waals surface area contributed by atoms with E-state index >= 15 is 0 Å². The van der Waals surface area contributed by atoms with Crippen LogP contribution in [0.3, 0.4) is 0 Å². The van der Waals surface area contributed by atoms with Crippen LogP contribution in [-0.2, 0) is 19.1 Å². The van der Waals surface area contributed by atoms with E-state index in [1.165, 1.54) is 20.8 Å². The molecule has 0 fully saturated rings. The maximum absolute atomic E-state index is 10.7. The first-order chi connectivity index (χ1) is 7.59. The SMILES string of the molecule is C=C(C)C(=O)O.C=C(C)C(=O)OC(=O)C(=C)C. The molecule has 1 N–H and O–H groups in total. The average Bonchev–Trinajstić information content (AvgIpc) is 2.17. The van der Waals surface area contributed by atoms with Crippen LogP contribution in [0.4, 0.5) is 0 Å². The third kappa shape index (κ3) is 10.1. The summed E-state index contributed by atoms with van der Waals surface area (Å²) in [4.78, 5) is 30.9. The second kappa shape index (κ2) is 8.04. The quantitative estimate of drug-likeness (QED) is 0.462. The van der Waals surface area contributed by atoms with Crippen LogP contribution in [0, 0.1) is 0 Å². The van der Waals surface area contributed by atoms with Crippen LogP contribution in [-0.4, -0.2) is 23.0 Å². The molecule has 5 nitrogen and oxygen atoms in total. The molecule has 0 saturated heterocycles. The topological polar surface area (TPSA) is 80.7 Å². The van der Waals surface area contributed by atoms with E-state index in [2.05, 4.69) is 24.5 Å². The van der Waals surface area contributed by atoms with Gasteiger partial charge in [0.15, 0.2) is 0 Å². The predicted octanol–water partition coefficient (Wildman–Crippen LogP) is 1.86. The molecule has 5 heteroatoms. The molecule has 17 heavy (non-hydrogen) atoms. The molecule has 0 atom stereocenters. The van der Waals surface area contributed by atoms with Gasteiger partial charge < -0.3 is 9.84 Å². The van der Waals surface area contributed by atoms with Crippen LogP contribution < -0.4 is 0 Å². The maximum atomic E-state index is 10.7. The Morgan fingerprint density at radius 2 is 1.06 bits per heavy atom. The standard InChI is InChI=1S/C8H10O3.C4H6O2/c1-5(2)7(9)11-8(10)6(3)4;1-3(2)4(5)6/h1,3H2,2,4H3;1H2,2H3,(H,5,6). The van der Waals surface area contributed by atoms with Gasteiger partial charge in [0.05, 0.1) is 0 Å². The van der Waals surface area contributed by atoms with Gasteiger partial charge in [-0.1, -0.05) is 19.7 Å². The monoisotopic (exact) mass is 240 g/mol. The molecular weight excluding hydrogens is 224 g/mol. The van der Waals surface area contributed by atoms with Crippen LogP contribution in [0.1, 0.15) is 20.8 Å². The van der Waals surface area contributed by atoms with Crippen molar-refractivity contribution in [2.45, 2.75) is 20.8 Å². The van der Waals surface area contributed by atoms with Crippen molar-refractivity contribution < 1.29 is 24.2 Å². The van der Waals surface area contributed by atoms with E-state index in [1.807, 2.05) is 0 Å². The van der Waals surface area contributed by atoms with Crippen LogP contribution in [0.15, 0.2) is 36.5 Å². The number of ether oxygens (including phenoxy) is 1. The Morgan fingerprint density at radius 1 is 0.824 bits per heavy atom. The number of hydrogen-bond acceptors (Lipinski definition) is 4. The lowest BCUT2D eigenvalue weighted by Crippen LogP contribution is -2.12. The van der Waals surface area contributed by atoms with E-state index in [-0.39, 0.29) is 16.7 Å². The molecular formula is C12H16O5. The molecule has 0 aromatic heterocycles. The Hall–Kier alpha value is -2.17. The first-order valence-corrected chi connectivity index (χ1v) is 4.55. The molecule has 94 valence electrons. The number of carboxylic acids is 1. The number of aliphatic carboxylic acids is 1. The van der Waals surface area contributed by atoms with Crippen LogP contribution in [0.25, 0.3) is 0 Å². The average molecular weight is 240 g/mol. The number of rotatable bonds is 3. The van der Waals surface area contributed by atoms with Gasteiger partial charge in [-0.3, -0.25) is 0 Å². The molecule has 0 aliphatic carbocycles. The zero-order valence-corrected chi connectivity index (χ0v) is 10.2. The van der Waals surface area contributed by atoms with Gasteiger partial charge in [0.1, 0.15) is 0 Å². The lowest BCUT2D eigenvalue weighted by molar-refractivity contribution is -0.154. The predicted molar refractivity (Wildman–Crippen MR) is 63.2 cm³/mol. The summed E-state index contributed by atoms with van der Waals surface area (Å²) in [6, 6.07) is 0. The first kappa shape index (κ1) is 17.2. The van der Waals surface area contributed by atoms with Crippen LogP contribution in [0.5, 0.6) is 0 Å². The van der Waals surface area contributed by atoms with E-state index in [0.29, 0.717) is 0 Å². The number of hydrogen-bond donors (Lipinski definition) is 1. The Morgan fingerprint density at radius 3 is 1.18 bits per heavy atom. The van der Waals surface area contributed by atoms with Crippen molar-refractivity contribution in [3.05, 3.63) is 36.5 Å². The Kier molecular flexibility index (Phi) is 8.15. The Labute approximate surface area is 100 Å². The highest BCUT2D eigenvalue weighted by Gasteiger charge is 2.10. The molecule has 0 saturated carbocycles. The third-order valence-electron chi connectivity index (χ3n) is 1.25. The molecule has 0 unspecified atom stereocenters. The van der Waals surface area contributed by atoms with Gasteiger partial charge in [0, 0.05) is 16.7 Å². The summed E-state index contributed by atoms with van der Waals surface area (Å²) >= 11 is 0. The van der Waals surface area contributed by atoms with Crippen LogP contribution >= 0.6 is 0 Å². The van der Waals surface area contributed by atoms with Gasteiger partial charge in [0.25, 0.3) is 0 Å². The summed E-state index contributed by atoms with van der Waals surface area (Å²) < 4.78 is 4.30. The van der Waals surface area contributed by atoms with Gasteiger partial charge in [0.2, 0.25) is 0 Å². The maximum Gasteiger partial charge on any atom is 0.340 e. The summed E-state index contributed by atoms with van der Waals surface area (Å²) in [6.45, 7) is 14.2. The minimum absolute atomic E-state index is 0.176. The highest BCUT2D eigenvalue weighted by molar-refractivity contribution is 6.00. The fourth-order valence-electron chi connectivity index (χ4n) is 0.258. The highest BCUT2D eigenvalue weighted by Crippen LogP contribution is 1.97. The summed E-state index contributed by atoms with van der Waals surface area (Å²) in [5.74, 6) is -2.36. The highest BCUT2D eigenvalue weighted by atomic mass is 16.6. The van der Waals surface area contributed by atoms with Crippen molar-refractivity contribution in [3.8, 4) is 0 Å². The zero-order valence-electron chi connectivity index (χ0n) is 10.2. The lowest BCUT2D eigenvalue weighted by atomic mass is 10.3. The van der Waals surface area contributed by atoms with Gasteiger partial charge >= 0.3 is 17.9 Å². The first-order valence-electron chi connectivity index (χ1n) is 4.55. The Balaban J connectivity index is 0. The fraction of sp³-hybridized carbons (Fsp3) is 0.250. The largest absolute Gasteiger partial charge is 0.478 e. The molecule has 0 radical (unpaired) electrons. The minimum Gasteiger partial charge on any atom is -0.478 e. The summed E-state index contributed by atoms with van der Waals surface area (Å²) in [7, 11) is 0. The third-order valence-corrected chi connectivity index (χ3v) is 1.25. The van der Waals surface area contributed by atoms with Crippen molar-refractivity contribution in [3.63, 3.8) is 0 Å². The molecule has 0 aromatic carbocycles. The van der Waals surface area contributed by atoms with Gasteiger partial charge in [-0.15, -0.1) is 0 Å². The second-order valence-corrected chi connectivity index (χ2v) is 3.32. The van der Waals surface area contributed by atoms with Crippen molar-refractivity contribution in [2.24, 2.45) is 0 Å². The normalized spacial score (nSPS) is 8.18. The summed E-state index contributed by atoms with van der Waals surface area (Å²) in [5, 5.41) is 7.89. The Bertz CT molecular complexity index is 340. The summed E-state index contributed by atoms with van der Waals surface area (Å²) in [6.07, 6.45) is 0. The second-order valence-electron chi connectivity index (χ2n) is 3.32. The molecule has 0 bridgehead atoms. The number of carbonyl (C=O) groups excluding carboxylic acids is 2. The van der Waals surface area contributed by atoms with E-state index in [9.17, 15) is 14.4 Å². The molecule has 0 rings (SSSR count). The molecule has 0 amide bonds. The summed E-state index contributed by atoms with van der Waals surface area (Å²) in [5.41, 5.74) is 0.564. The van der Waals surface area contributed by atoms with E-state index in [1.54, 1.807) is 0 Å². The molecule has 0 aromatic rings. The smallest absolute Gasteiger partial charge is 0.340 e. The van der Waals surface area contributed by atoms with Gasteiger partial charge in [-0.05, 0) is 20.8 Å². The van der Waals surface area contributed by atoms with Gasteiger partial charge in [-0.2, -0.15) is 0 Å². The number of carboxylic acid groups (broad SMARTS) is 1. The molecule has 0 aliphatic heterocycles. The van der Waals surface area contributed by atoms with E-state index < -0.39 is 17.9 Å². The van der Waals surface area contributed by atoms with Crippen molar-refractivity contribution in [1.29, 1.82) is 0 Å². The molecule has 0 aliphatic rings. The van der Waals surface area contributed by atoms with E-state index in [4.69, 9.17) is 5.11 Å². The van der Waals surface area contributed by atoms with Crippen LogP contribution in [0.2, 0.25) is 0 Å². The van der Waals surface area contributed by atoms with Crippen molar-refractivity contribution in [2.75, 3.05) is 0 Å². The fourth-order valence-corrected chi connectivity index (χ4v) is 0.258. The van der Waals surface area contributed by atoms with Crippen molar-refractivity contribution >= 4 is 17.9 Å². The van der Waals surface area contributed by atoms with Crippen molar-refractivity contribution in [1.82, 2.24) is 0 Å². The van der Waals surface area contributed by atoms with E-state index in [0.717, 1.165) is 0 Å². The number of carbonyl (C=O) groups is 3. The molecule has 0 spiro atoms. The molecule has 0 heterocycles.